The second-order valence-electron chi connectivity index (χ2n) is 1.78. The summed E-state index contributed by atoms with van der Waals surface area (Å²) in [6, 6.07) is 0. The zero-order valence-corrected chi connectivity index (χ0v) is 6.09. The molecule has 0 aromatic heterocycles. The van der Waals surface area contributed by atoms with Crippen molar-refractivity contribution in [2.24, 2.45) is 0 Å². The first-order valence-electron chi connectivity index (χ1n) is 3.16. The molecule has 10 heavy (non-hydrogen) atoms. The van der Waals surface area contributed by atoms with Gasteiger partial charge in [0.2, 0.25) is 0 Å². The summed E-state index contributed by atoms with van der Waals surface area (Å²) in [5.41, 5.74) is 1.05. The highest BCUT2D eigenvalue weighted by atomic mass is 13.8. The predicted octanol–water partition coefficient (Wildman–Crippen LogP) is 2.43. The van der Waals surface area contributed by atoms with Crippen LogP contribution in [0.15, 0.2) is 49.1 Å². The lowest BCUT2D eigenvalue weighted by Gasteiger charge is -1.91. The van der Waals surface area contributed by atoms with Crippen LogP contribution in [-0.2, 0) is 0 Å². The van der Waals surface area contributed by atoms with Gasteiger partial charge in [0.25, 0.3) is 0 Å². The maximum Gasteiger partial charge on any atom is 0.0716 e. The second-order valence-corrected chi connectivity index (χ2v) is 1.78. The third-order valence-corrected chi connectivity index (χ3v) is 1.01. The molecule has 0 aromatic carbocycles. The molecule has 0 heterocycles. The van der Waals surface area contributed by atoms with Crippen molar-refractivity contribution in [1.29, 1.82) is 0 Å². The Bertz CT molecular complexity index is 164. The molecule has 0 aliphatic rings. The molecule has 2 radical (unpaired) electrons. The van der Waals surface area contributed by atoms with Crippen molar-refractivity contribution in [3.63, 3.8) is 0 Å². The predicted molar refractivity (Wildman–Crippen MR) is 48.2 cm³/mol. The van der Waals surface area contributed by atoms with Crippen LogP contribution < -0.4 is 0 Å². The van der Waals surface area contributed by atoms with Gasteiger partial charge in [-0.1, -0.05) is 55.4 Å². The van der Waals surface area contributed by atoms with Crippen LogP contribution in [0, 0.1) is 0 Å². The van der Waals surface area contributed by atoms with E-state index in [0.717, 1.165) is 5.57 Å². The molecule has 0 N–H and O–H groups in total. The minimum absolute atomic E-state index is 0.538. The van der Waals surface area contributed by atoms with Crippen LogP contribution >= 0.6 is 0 Å². The molecule has 0 unspecified atom stereocenters. The summed E-state index contributed by atoms with van der Waals surface area (Å²) < 4.78 is 0. The van der Waals surface area contributed by atoms with Crippen molar-refractivity contribution >= 4 is 7.85 Å². The van der Waals surface area contributed by atoms with Crippen molar-refractivity contribution in [3.05, 3.63) is 49.1 Å². The lowest BCUT2D eigenvalue weighted by atomic mass is 9.96. The standard InChI is InChI=1S/C9H11B/c1-3-5-7-9(8-10)6-4-2/h3-7H,1-2,8H2/b7-5-,9-6+. The molecule has 1 heteroatoms. The van der Waals surface area contributed by atoms with Crippen molar-refractivity contribution in [2.45, 2.75) is 6.32 Å². The largest absolute Gasteiger partial charge is 0.0991 e. The van der Waals surface area contributed by atoms with Gasteiger partial charge >= 0.3 is 0 Å². The number of hydrogen-bond acceptors (Lipinski definition) is 0. The second kappa shape index (κ2) is 6.15. The molecule has 0 aliphatic heterocycles. The molecule has 0 aromatic rings. The fourth-order valence-electron chi connectivity index (χ4n) is 0.535. The molecular weight excluding hydrogens is 119 g/mol. The zero-order valence-electron chi connectivity index (χ0n) is 6.09. The maximum absolute atomic E-state index is 5.40. The molecule has 0 fully saturated rings. The molecular formula is C9H11B. The Balaban J connectivity index is 4.06. The Morgan fingerprint density at radius 1 is 1.30 bits per heavy atom. The van der Waals surface area contributed by atoms with Crippen molar-refractivity contribution in [2.75, 3.05) is 0 Å². The van der Waals surface area contributed by atoms with E-state index in [-0.39, 0.29) is 0 Å². The summed E-state index contributed by atoms with van der Waals surface area (Å²) in [6.07, 6.45) is 9.61. The van der Waals surface area contributed by atoms with Gasteiger partial charge in [-0.2, -0.15) is 0 Å². The lowest BCUT2D eigenvalue weighted by molar-refractivity contribution is 1.51. The topological polar surface area (TPSA) is 0 Å². The third kappa shape index (κ3) is 3.96. The van der Waals surface area contributed by atoms with E-state index in [1.165, 1.54) is 0 Å². The maximum atomic E-state index is 5.40. The van der Waals surface area contributed by atoms with Gasteiger partial charge < -0.3 is 0 Å². The molecule has 0 spiro atoms. The summed E-state index contributed by atoms with van der Waals surface area (Å²) in [7, 11) is 5.40. The van der Waals surface area contributed by atoms with E-state index in [4.69, 9.17) is 7.85 Å². The minimum atomic E-state index is 0.538. The van der Waals surface area contributed by atoms with E-state index < -0.39 is 0 Å². The molecule has 0 saturated carbocycles. The number of allylic oxidation sites excluding steroid dienone is 6. The van der Waals surface area contributed by atoms with Crippen molar-refractivity contribution in [1.82, 2.24) is 0 Å². The fraction of sp³-hybridized carbons (Fsp3) is 0.111. The molecule has 0 aliphatic carbocycles. The Morgan fingerprint density at radius 2 is 2.00 bits per heavy atom. The van der Waals surface area contributed by atoms with Crippen LogP contribution in [0.5, 0.6) is 0 Å². The van der Waals surface area contributed by atoms with E-state index >= 15 is 0 Å². The highest BCUT2D eigenvalue weighted by Gasteiger charge is 1.81. The average Bonchev–Trinajstić information content (AvgIpc) is 1.98. The number of rotatable bonds is 4. The third-order valence-electron chi connectivity index (χ3n) is 1.01. The van der Waals surface area contributed by atoms with Crippen LogP contribution in [0.3, 0.4) is 0 Å². The number of hydrogen-bond donors (Lipinski definition) is 0. The zero-order chi connectivity index (χ0) is 7.82. The van der Waals surface area contributed by atoms with Gasteiger partial charge in [0, 0.05) is 0 Å². The lowest BCUT2D eigenvalue weighted by Crippen LogP contribution is -1.73. The highest BCUT2D eigenvalue weighted by Crippen LogP contribution is 2.00. The molecule has 0 atom stereocenters. The quantitative estimate of drug-likeness (QED) is 0.405. The van der Waals surface area contributed by atoms with Crippen LogP contribution in [0.4, 0.5) is 0 Å². The van der Waals surface area contributed by atoms with Gasteiger partial charge in [-0.05, 0) is 0 Å². The van der Waals surface area contributed by atoms with E-state index in [9.17, 15) is 0 Å². The monoisotopic (exact) mass is 130 g/mol. The van der Waals surface area contributed by atoms with Gasteiger partial charge in [0.05, 0.1) is 7.85 Å². The molecule has 50 valence electrons. The Hall–Kier alpha value is -0.975. The Labute approximate surface area is 64.1 Å². The minimum Gasteiger partial charge on any atom is -0.0991 e. The Kier molecular flexibility index (Phi) is 5.55. The van der Waals surface area contributed by atoms with E-state index in [2.05, 4.69) is 13.2 Å². The van der Waals surface area contributed by atoms with Crippen molar-refractivity contribution < 1.29 is 0 Å². The van der Waals surface area contributed by atoms with Crippen LogP contribution in [0.2, 0.25) is 6.32 Å². The molecule has 0 rings (SSSR count). The smallest absolute Gasteiger partial charge is 0.0716 e. The van der Waals surface area contributed by atoms with Gasteiger partial charge in [-0.15, -0.1) is 0 Å². The average molecular weight is 130 g/mol. The molecule has 0 bridgehead atoms. The molecule has 0 nitrogen and oxygen atoms in total. The first kappa shape index (κ1) is 9.02. The fourth-order valence-corrected chi connectivity index (χ4v) is 0.535. The van der Waals surface area contributed by atoms with Gasteiger partial charge in [0.1, 0.15) is 0 Å². The first-order chi connectivity index (χ1) is 4.85. The van der Waals surface area contributed by atoms with Crippen LogP contribution in [0.25, 0.3) is 0 Å². The van der Waals surface area contributed by atoms with Gasteiger partial charge in [0.15, 0.2) is 0 Å². The molecule has 0 amide bonds. The van der Waals surface area contributed by atoms with E-state index in [0.29, 0.717) is 6.32 Å². The normalized spacial score (nSPS) is 11.8. The summed E-state index contributed by atoms with van der Waals surface area (Å²) >= 11 is 0. The molecule has 0 saturated heterocycles. The van der Waals surface area contributed by atoms with E-state index in [1.54, 1.807) is 12.2 Å². The SMILES string of the molecule is [B]CC(/C=C\C=C)=C/C=C. The summed E-state index contributed by atoms with van der Waals surface area (Å²) in [4.78, 5) is 0. The summed E-state index contributed by atoms with van der Waals surface area (Å²) in [5.74, 6) is 0. The summed E-state index contributed by atoms with van der Waals surface area (Å²) in [5, 5.41) is 0. The summed E-state index contributed by atoms with van der Waals surface area (Å²) in [6.45, 7) is 7.11. The van der Waals surface area contributed by atoms with Crippen LogP contribution in [-0.4, -0.2) is 7.85 Å². The van der Waals surface area contributed by atoms with Gasteiger partial charge in [-0.3, -0.25) is 0 Å². The van der Waals surface area contributed by atoms with Crippen LogP contribution in [0.1, 0.15) is 0 Å². The highest BCUT2D eigenvalue weighted by molar-refractivity contribution is 6.10. The van der Waals surface area contributed by atoms with E-state index in [1.807, 2.05) is 18.2 Å². The van der Waals surface area contributed by atoms with Crippen molar-refractivity contribution in [3.8, 4) is 0 Å². The Morgan fingerprint density at radius 3 is 2.40 bits per heavy atom. The van der Waals surface area contributed by atoms with Gasteiger partial charge in [-0.25, -0.2) is 0 Å². The first-order valence-corrected chi connectivity index (χ1v) is 3.16.